The Hall–Kier alpha value is -1.39. The molecule has 1 aromatic carbocycles. The Bertz CT molecular complexity index is 431. The molecule has 2 N–H and O–H groups in total. The van der Waals surface area contributed by atoms with Crippen molar-refractivity contribution >= 4 is 5.97 Å². The van der Waals surface area contributed by atoms with Crippen molar-refractivity contribution in [2.45, 2.75) is 32.0 Å². The van der Waals surface area contributed by atoms with Crippen molar-refractivity contribution < 1.29 is 14.6 Å². The normalized spacial score (nSPS) is 23.2. The zero-order valence-corrected chi connectivity index (χ0v) is 10.1. The summed E-state index contributed by atoms with van der Waals surface area (Å²) < 4.78 is 5.07. The average Bonchev–Trinajstić information content (AvgIpc) is 2.28. The summed E-state index contributed by atoms with van der Waals surface area (Å²) in [6.07, 6.45) is 0.867. The molecule has 4 nitrogen and oxygen atoms in total. The highest BCUT2D eigenvalue weighted by Gasteiger charge is 2.29. The zero-order valence-electron chi connectivity index (χ0n) is 10.1. The third-order valence-corrected chi connectivity index (χ3v) is 3.06. The minimum atomic E-state index is -0.827. The van der Waals surface area contributed by atoms with Crippen LogP contribution in [-0.4, -0.2) is 24.2 Å². The number of rotatable bonds is 3. The number of ether oxygens (including phenoxy) is 1. The van der Waals surface area contributed by atoms with Crippen LogP contribution < -0.4 is 5.32 Å². The minimum absolute atomic E-state index is 0.192. The van der Waals surface area contributed by atoms with Crippen LogP contribution in [0.15, 0.2) is 18.2 Å². The van der Waals surface area contributed by atoms with E-state index in [1.807, 2.05) is 25.1 Å². The van der Waals surface area contributed by atoms with Crippen molar-refractivity contribution in [1.82, 2.24) is 5.32 Å². The van der Waals surface area contributed by atoms with E-state index >= 15 is 0 Å². The van der Waals surface area contributed by atoms with Gasteiger partial charge in [-0.2, -0.15) is 0 Å². The number of hydrogen-bond donors (Lipinski definition) is 2. The number of carboxylic acid groups (broad SMARTS) is 1. The summed E-state index contributed by atoms with van der Waals surface area (Å²) in [6, 6.07) is 5.52. The van der Waals surface area contributed by atoms with E-state index in [-0.39, 0.29) is 6.04 Å². The van der Waals surface area contributed by atoms with Crippen molar-refractivity contribution in [2.24, 2.45) is 0 Å². The second kappa shape index (κ2) is 4.85. The SMILES string of the molecule is COCc1ccc2c(c1)C(C(=O)O)NC(C)C2. The maximum Gasteiger partial charge on any atom is 0.325 e. The van der Waals surface area contributed by atoms with Crippen molar-refractivity contribution in [3.8, 4) is 0 Å². The predicted molar refractivity (Wildman–Crippen MR) is 63.8 cm³/mol. The topological polar surface area (TPSA) is 58.6 Å². The van der Waals surface area contributed by atoms with Gasteiger partial charge >= 0.3 is 5.97 Å². The number of benzene rings is 1. The van der Waals surface area contributed by atoms with Gasteiger partial charge in [0.25, 0.3) is 0 Å². The number of nitrogens with one attached hydrogen (secondary N) is 1. The molecule has 92 valence electrons. The summed E-state index contributed by atoms with van der Waals surface area (Å²) in [7, 11) is 1.63. The molecule has 1 aliphatic rings. The fourth-order valence-electron chi connectivity index (χ4n) is 2.32. The van der Waals surface area contributed by atoms with Crippen LogP contribution in [0.4, 0.5) is 0 Å². The second-order valence-corrected chi connectivity index (χ2v) is 4.51. The number of carbonyl (C=O) groups is 1. The van der Waals surface area contributed by atoms with Crippen molar-refractivity contribution in [2.75, 3.05) is 7.11 Å². The van der Waals surface area contributed by atoms with E-state index in [2.05, 4.69) is 5.32 Å². The Labute approximate surface area is 101 Å². The number of carboxylic acids is 1. The molecule has 0 saturated heterocycles. The molecule has 2 rings (SSSR count). The lowest BCUT2D eigenvalue weighted by Gasteiger charge is -2.29. The number of fused-ring (bicyclic) bond motifs is 1. The molecule has 1 aliphatic heterocycles. The summed E-state index contributed by atoms with van der Waals surface area (Å²) in [6.45, 7) is 2.51. The molecular formula is C13H17NO3. The Kier molecular flexibility index (Phi) is 3.45. The molecule has 1 heterocycles. The number of methoxy groups -OCH3 is 1. The first-order valence-electron chi connectivity index (χ1n) is 5.71. The molecule has 0 saturated carbocycles. The molecule has 17 heavy (non-hydrogen) atoms. The highest BCUT2D eigenvalue weighted by atomic mass is 16.5. The van der Waals surface area contributed by atoms with Gasteiger partial charge in [0, 0.05) is 13.2 Å². The van der Waals surface area contributed by atoms with Crippen LogP contribution in [-0.2, 0) is 22.6 Å². The van der Waals surface area contributed by atoms with E-state index in [0.29, 0.717) is 6.61 Å². The zero-order chi connectivity index (χ0) is 12.4. The molecule has 0 aromatic heterocycles. The molecule has 0 amide bonds. The molecule has 1 aromatic rings. The van der Waals surface area contributed by atoms with E-state index in [1.165, 1.54) is 0 Å². The number of hydrogen-bond acceptors (Lipinski definition) is 3. The van der Waals surface area contributed by atoms with Gasteiger partial charge in [0.05, 0.1) is 6.61 Å². The van der Waals surface area contributed by atoms with Gasteiger partial charge in [-0.3, -0.25) is 10.1 Å². The fraction of sp³-hybridized carbons (Fsp3) is 0.462. The van der Waals surface area contributed by atoms with Crippen LogP contribution >= 0.6 is 0 Å². The van der Waals surface area contributed by atoms with Crippen molar-refractivity contribution in [1.29, 1.82) is 0 Å². The van der Waals surface area contributed by atoms with E-state index in [1.54, 1.807) is 7.11 Å². The molecule has 4 heteroatoms. The summed E-state index contributed by atoms with van der Waals surface area (Å²) >= 11 is 0. The first-order chi connectivity index (χ1) is 8.11. The van der Waals surface area contributed by atoms with Crippen LogP contribution in [0, 0.1) is 0 Å². The van der Waals surface area contributed by atoms with Crippen LogP contribution in [0.5, 0.6) is 0 Å². The van der Waals surface area contributed by atoms with Crippen LogP contribution in [0.2, 0.25) is 0 Å². The summed E-state index contributed by atoms with van der Waals surface area (Å²) in [5.74, 6) is -0.827. The summed E-state index contributed by atoms with van der Waals surface area (Å²) in [5, 5.41) is 12.3. The average molecular weight is 235 g/mol. The van der Waals surface area contributed by atoms with Crippen LogP contribution in [0.1, 0.15) is 29.7 Å². The number of aliphatic carboxylic acids is 1. The molecule has 0 radical (unpaired) electrons. The Morgan fingerprint density at radius 3 is 3.00 bits per heavy atom. The summed E-state index contributed by atoms with van der Waals surface area (Å²) in [5.41, 5.74) is 2.99. The first kappa shape index (κ1) is 12.1. The van der Waals surface area contributed by atoms with Crippen LogP contribution in [0.3, 0.4) is 0 Å². The van der Waals surface area contributed by atoms with Gasteiger partial charge in [-0.15, -0.1) is 0 Å². The maximum atomic E-state index is 11.2. The quantitative estimate of drug-likeness (QED) is 0.833. The lowest BCUT2D eigenvalue weighted by atomic mass is 9.89. The third kappa shape index (κ3) is 2.48. The lowest BCUT2D eigenvalue weighted by molar-refractivity contribution is -0.140. The Morgan fingerprint density at radius 2 is 2.35 bits per heavy atom. The van der Waals surface area contributed by atoms with Gasteiger partial charge in [-0.05, 0) is 30.0 Å². The highest BCUT2D eigenvalue weighted by molar-refractivity contribution is 5.76. The maximum absolute atomic E-state index is 11.2. The summed E-state index contributed by atoms with van der Waals surface area (Å²) in [4.78, 5) is 11.2. The molecule has 0 spiro atoms. The Morgan fingerprint density at radius 1 is 1.59 bits per heavy atom. The van der Waals surface area contributed by atoms with E-state index < -0.39 is 12.0 Å². The molecule has 0 bridgehead atoms. The lowest BCUT2D eigenvalue weighted by Crippen LogP contribution is -2.41. The molecule has 2 unspecified atom stereocenters. The minimum Gasteiger partial charge on any atom is -0.480 e. The van der Waals surface area contributed by atoms with Crippen LogP contribution in [0.25, 0.3) is 0 Å². The second-order valence-electron chi connectivity index (χ2n) is 4.51. The van der Waals surface area contributed by atoms with Crippen molar-refractivity contribution in [3.63, 3.8) is 0 Å². The van der Waals surface area contributed by atoms with E-state index in [0.717, 1.165) is 23.1 Å². The third-order valence-electron chi connectivity index (χ3n) is 3.06. The van der Waals surface area contributed by atoms with E-state index in [9.17, 15) is 9.90 Å². The standard InChI is InChI=1S/C13H17NO3/c1-8-5-10-4-3-9(7-17-2)6-11(10)12(14-8)13(15)16/h3-4,6,8,12,14H,5,7H2,1-2H3,(H,15,16). The van der Waals surface area contributed by atoms with Gasteiger partial charge in [-0.1, -0.05) is 18.2 Å². The van der Waals surface area contributed by atoms with Gasteiger partial charge in [0.2, 0.25) is 0 Å². The van der Waals surface area contributed by atoms with Gasteiger partial charge in [0.1, 0.15) is 6.04 Å². The molecule has 0 aliphatic carbocycles. The largest absolute Gasteiger partial charge is 0.480 e. The predicted octanol–water partition coefficient (Wildman–Crippen LogP) is 1.49. The van der Waals surface area contributed by atoms with Gasteiger partial charge in [0.15, 0.2) is 0 Å². The molecule has 2 atom stereocenters. The van der Waals surface area contributed by atoms with E-state index in [4.69, 9.17) is 4.74 Å². The smallest absolute Gasteiger partial charge is 0.325 e. The molecular weight excluding hydrogens is 218 g/mol. The fourth-order valence-corrected chi connectivity index (χ4v) is 2.32. The van der Waals surface area contributed by atoms with Gasteiger partial charge in [-0.25, -0.2) is 0 Å². The monoisotopic (exact) mass is 235 g/mol. The first-order valence-corrected chi connectivity index (χ1v) is 5.71. The van der Waals surface area contributed by atoms with Gasteiger partial charge < -0.3 is 9.84 Å². The highest BCUT2D eigenvalue weighted by Crippen LogP contribution is 2.26. The van der Waals surface area contributed by atoms with Crippen molar-refractivity contribution in [3.05, 3.63) is 34.9 Å². The Balaban J connectivity index is 2.38. The molecule has 0 fully saturated rings.